The molecule has 1 amide bonds. The molecule has 0 spiro atoms. The maximum atomic E-state index is 12.2. The number of amides is 1. The normalized spacial score (nSPS) is 17.6. The molecule has 0 aliphatic heterocycles. The highest BCUT2D eigenvalue weighted by atomic mass is 32.1. The Morgan fingerprint density at radius 2 is 1.96 bits per heavy atom. The molecule has 24 heavy (non-hydrogen) atoms. The van der Waals surface area contributed by atoms with Gasteiger partial charge in [0.25, 0.3) is 0 Å². The molecule has 0 saturated carbocycles. The molecule has 0 radical (unpaired) electrons. The van der Waals surface area contributed by atoms with Crippen LogP contribution in [0.4, 0.5) is 4.79 Å². The summed E-state index contributed by atoms with van der Waals surface area (Å²) in [6.45, 7) is 7.83. The largest absolute Gasteiger partial charge is 0.462 e. The Morgan fingerprint density at radius 3 is 2.58 bits per heavy atom. The predicted molar refractivity (Wildman–Crippen MR) is 94.7 cm³/mol. The molecule has 2 rings (SSSR count). The van der Waals surface area contributed by atoms with Crippen molar-refractivity contribution in [3.05, 3.63) is 21.4 Å². The third-order valence-corrected chi connectivity index (χ3v) is 5.27. The van der Waals surface area contributed by atoms with E-state index in [1.54, 1.807) is 4.90 Å². The molecular formula is C18H27NO4S. The van der Waals surface area contributed by atoms with E-state index >= 15 is 0 Å². The van der Waals surface area contributed by atoms with Crippen molar-refractivity contribution < 1.29 is 19.1 Å². The zero-order valence-electron chi connectivity index (χ0n) is 15.2. The van der Waals surface area contributed by atoms with E-state index in [9.17, 15) is 9.59 Å². The topological polar surface area (TPSA) is 55.8 Å². The van der Waals surface area contributed by atoms with Crippen LogP contribution in [-0.4, -0.2) is 42.3 Å². The lowest BCUT2D eigenvalue weighted by atomic mass is 10.1. The van der Waals surface area contributed by atoms with Crippen molar-refractivity contribution in [3.63, 3.8) is 0 Å². The van der Waals surface area contributed by atoms with E-state index < -0.39 is 5.60 Å². The fraction of sp³-hybridized carbons (Fsp3) is 0.667. The van der Waals surface area contributed by atoms with Gasteiger partial charge in [-0.25, -0.2) is 9.59 Å². The smallest absolute Gasteiger partial charge is 0.410 e. The molecule has 1 aromatic rings. The van der Waals surface area contributed by atoms with Gasteiger partial charge in [0.2, 0.25) is 0 Å². The Hall–Kier alpha value is -1.56. The van der Waals surface area contributed by atoms with Crippen molar-refractivity contribution >= 4 is 23.4 Å². The molecular weight excluding hydrogens is 326 g/mol. The van der Waals surface area contributed by atoms with Crippen LogP contribution in [0.1, 0.15) is 60.6 Å². The van der Waals surface area contributed by atoms with E-state index in [2.05, 4.69) is 0 Å². The number of carbonyl (C=O) groups is 2. The number of fused-ring (bicyclic) bond motifs is 1. The van der Waals surface area contributed by atoms with Gasteiger partial charge in [-0.1, -0.05) is 0 Å². The quantitative estimate of drug-likeness (QED) is 0.608. The van der Waals surface area contributed by atoms with Crippen molar-refractivity contribution in [2.75, 3.05) is 13.7 Å². The SMILES string of the molecule is CCOC(=O)c1cc2c(s1)CCC(N(C)C(=O)OC(C)(C)C)CC2. The molecule has 0 saturated heterocycles. The van der Waals surface area contributed by atoms with Gasteiger partial charge >= 0.3 is 12.1 Å². The summed E-state index contributed by atoms with van der Waals surface area (Å²) in [6.07, 6.45) is 3.22. The molecule has 0 aromatic carbocycles. The van der Waals surface area contributed by atoms with E-state index in [-0.39, 0.29) is 18.1 Å². The number of carbonyl (C=O) groups excluding carboxylic acids is 2. The molecule has 1 aliphatic carbocycles. The standard InChI is InChI=1S/C18H27NO4S/c1-6-22-16(20)15-11-12-7-8-13(9-10-14(12)24-15)19(5)17(21)23-18(2,3)4/h11,13H,6-10H2,1-5H3. The summed E-state index contributed by atoms with van der Waals surface area (Å²) >= 11 is 1.52. The number of hydrogen-bond acceptors (Lipinski definition) is 5. The van der Waals surface area contributed by atoms with E-state index in [0.717, 1.165) is 25.7 Å². The first kappa shape index (κ1) is 18.8. The van der Waals surface area contributed by atoms with Crippen molar-refractivity contribution in [1.29, 1.82) is 0 Å². The van der Waals surface area contributed by atoms with Gasteiger partial charge in [-0.3, -0.25) is 0 Å². The second kappa shape index (κ2) is 7.55. The van der Waals surface area contributed by atoms with Crippen molar-refractivity contribution in [2.24, 2.45) is 0 Å². The van der Waals surface area contributed by atoms with Gasteiger partial charge in [-0.15, -0.1) is 11.3 Å². The summed E-state index contributed by atoms with van der Waals surface area (Å²) < 4.78 is 10.5. The lowest BCUT2D eigenvalue weighted by Gasteiger charge is -2.30. The Balaban J connectivity index is 2.00. The van der Waals surface area contributed by atoms with Crippen LogP contribution in [0.2, 0.25) is 0 Å². The Morgan fingerprint density at radius 1 is 1.29 bits per heavy atom. The summed E-state index contributed by atoms with van der Waals surface area (Å²) in [5.74, 6) is -0.238. The van der Waals surface area contributed by atoms with E-state index in [0.29, 0.717) is 11.5 Å². The molecule has 134 valence electrons. The minimum absolute atomic E-state index is 0.158. The molecule has 1 aromatic heterocycles. The first-order chi connectivity index (χ1) is 11.2. The van der Waals surface area contributed by atoms with Gasteiger partial charge in [-0.05, 0) is 65.0 Å². The molecule has 1 heterocycles. The van der Waals surface area contributed by atoms with Crippen LogP contribution in [0, 0.1) is 0 Å². The van der Waals surface area contributed by atoms with Crippen LogP contribution < -0.4 is 0 Å². The number of ether oxygens (including phenoxy) is 2. The van der Waals surface area contributed by atoms with Crippen LogP contribution in [0.3, 0.4) is 0 Å². The van der Waals surface area contributed by atoms with E-state index in [4.69, 9.17) is 9.47 Å². The third-order valence-electron chi connectivity index (χ3n) is 4.05. The highest BCUT2D eigenvalue weighted by Crippen LogP contribution is 2.31. The molecule has 0 bridgehead atoms. The third kappa shape index (κ3) is 4.72. The van der Waals surface area contributed by atoms with Crippen molar-refractivity contribution in [1.82, 2.24) is 4.90 Å². The van der Waals surface area contributed by atoms with Gasteiger partial charge in [0.05, 0.1) is 6.61 Å². The number of nitrogens with zero attached hydrogens (tertiary/aromatic N) is 1. The zero-order valence-corrected chi connectivity index (χ0v) is 16.0. The summed E-state index contributed by atoms with van der Waals surface area (Å²) in [7, 11) is 1.81. The van der Waals surface area contributed by atoms with Crippen LogP contribution in [-0.2, 0) is 22.3 Å². The Kier molecular flexibility index (Phi) is 5.91. The van der Waals surface area contributed by atoms with E-state index in [1.165, 1.54) is 21.8 Å². The highest BCUT2D eigenvalue weighted by Gasteiger charge is 2.28. The molecule has 1 aliphatic rings. The Bertz CT molecular complexity index is 577. The Labute approximate surface area is 147 Å². The minimum atomic E-state index is -0.483. The van der Waals surface area contributed by atoms with Gasteiger partial charge in [0.1, 0.15) is 10.5 Å². The van der Waals surface area contributed by atoms with E-state index in [1.807, 2.05) is 40.8 Å². The summed E-state index contributed by atoms with van der Waals surface area (Å²) in [4.78, 5) is 27.7. The molecule has 0 N–H and O–H groups in total. The molecule has 6 heteroatoms. The fourth-order valence-corrected chi connectivity index (χ4v) is 3.95. The fourth-order valence-electron chi connectivity index (χ4n) is 2.83. The number of rotatable bonds is 3. The number of thiophene rings is 1. The minimum Gasteiger partial charge on any atom is -0.462 e. The summed E-state index contributed by atoms with van der Waals surface area (Å²) in [6, 6.07) is 2.11. The summed E-state index contributed by atoms with van der Waals surface area (Å²) in [5.41, 5.74) is 0.728. The highest BCUT2D eigenvalue weighted by molar-refractivity contribution is 7.14. The lowest BCUT2D eigenvalue weighted by Crippen LogP contribution is -2.40. The van der Waals surface area contributed by atoms with Gasteiger partial charge in [-0.2, -0.15) is 0 Å². The lowest BCUT2D eigenvalue weighted by molar-refractivity contribution is 0.0209. The van der Waals surface area contributed by atoms with Crippen LogP contribution in [0.25, 0.3) is 0 Å². The number of esters is 1. The summed E-state index contributed by atoms with van der Waals surface area (Å²) in [5, 5.41) is 0. The predicted octanol–water partition coefficient (Wildman–Crippen LogP) is 4.04. The second-order valence-electron chi connectivity index (χ2n) is 7.10. The average molecular weight is 353 g/mol. The van der Waals surface area contributed by atoms with Crippen molar-refractivity contribution in [2.45, 2.75) is 65.0 Å². The first-order valence-corrected chi connectivity index (χ1v) is 9.27. The molecule has 1 atom stereocenters. The van der Waals surface area contributed by atoms with Gasteiger partial charge < -0.3 is 14.4 Å². The van der Waals surface area contributed by atoms with Gasteiger partial charge in [0.15, 0.2) is 0 Å². The molecule has 0 fully saturated rings. The van der Waals surface area contributed by atoms with Crippen LogP contribution >= 0.6 is 11.3 Å². The maximum Gasteiger partial charge on any atom is 0.410 e. The average Bonchev–Trinajstić information content (AvgIpc) is 2.79. The van der Waals surface area contributed by atoms with Crippen molar-refractivity contribution in [3.8, 4) is 0 Å². The molecule has 1 unspecified atom stereocenters. The second-order valence-corrected chi connectivity index (χ2v) is 8.24. The van der Waals surface area contributed by atoms with Gasteiger partial charge in [0, 0.05) is 18.0 Å². The maximum absolute atomic E-state index is 12.2. The van der Waals surface area contributed by atoms with Crippen LogP contribution in [0.15, 0.2) is 6.07 Å². The number of aryl methyl sites for hydroxylation is 2. The van der Waals surface area contributed by atoms with Crippen LogP contribution in [0.5, 0.6) is 0 Å². The molecule has 5 nitrogen and oxygen atoms in total. The zero-order chi connectivity index (χ0) is 17.9. The first-order valence-electron chi connectivity index (χ1n) is 8.45. The number of hydrogen-bond donors (Lipinski definition) is 0. The monoisotopic (exact) mass is 353 g/mol.